The number of rotatable bonds is 5. The van der Waals surface area contributed by atoms with Gasteiger partial charge in [0.1, 0.15) is 5.75 Å². The van der Waals surface area contributed by atoms with E-state index >= 15 is 0 Å². The van der Waals surface area contributed by atoms with Crippen LogP contribution in [0.2, 0.25) is 0 Å². The molecule has 0 aliphatic carbocycles. The normalized spacial score (nSPS) is 10.5. The van der Waals surface area contributed by atoms with Crippen LogP contribution in [-0.4, -0.2) is 30.6 Å². The fourth-order valence-corrected chi connectivity index (χ4v) is 2.97. The molecule has 0 fully saturated rings. The molecule has 0 radical (unpaired) electrons. The average molecular weight is 364 g/mol. The summed E-state index contributed by atoms with van der Waals surface area (Å²) in [6, 6.07) is 14.6. The van der Waals surface area contributed by atoms with Crippen molar-refractivity contribution in [1.29, 1.82) is 0 Å². The Hall–Kier alpha value is -3.41. The lowest BCUT2D eigenvalue weighted by Gasteiger charge is -2.13. The maximum atomic E-state index is 12.5. The molecule has 0 saturated carbocycles. The van der Waals surface area contributed by atoms with Gasteiger partial charge in [-0.2, -0.15) is 0 Å². The second-order valence-corrected chi connectivity index (χ2v) is 6.04. The van der Waals surface area contributed by atoms with Crippen LogP contribution in [0.4, 0.5) is 5.69 Å². The lowest BCUT2D eigenvalue weighted by Crippen LogP contribution is -2.22. The molecular formula is C21H20N2O4. The standard InChI is InChI=1S/C21H20N2O4/c1-13-15-8-4-5-9-16(15)22-14(2)20(13)21(25)27-12-19(24)23-17-10-6-7-11-18(17)26-3/h4-11H,12H2,1-3H3,(H,23,24). The van der Waals surface area contributed by atoms with Crippen molar-refractivity contribution in [1.82, 2.24) is 4.98 Å². The fraction of sp³-hybridized carbons (Fsp3) is 0.190. The smallest absolute Gasteiger partial charge is 0.340 e. The van der Waals surface area contributed by atoms with Crippen LogP contribution in [0.5, 0.6) is 5.75 Å². The van der Waals surface area contributed by atoms with Crippen LogP contribution in [0.25, 0.3) is 10.9 Å². The molecule has 0 saturated heterocycles. The van der Waals surface area contributed by atoms with E-state index in [9.17, 15) is 9.59 Å². The fourth-order valence-electron chi connectivity index (χ4n) is 2.97. The highest BCUT2D eigenvalue weighted by Crippen LogP contribution is 2.24. The van der Waals surface area contributed by atoms with E-state index in [-0.39, 0.29) is 0 Å². The van der Waals surface area contributed by atoms with Gasteiger partial charge in [-0.05, 0) is 37.6 Å². The van der Waals surface area contributed by atoms with E-state index in [1.807, 2.05) is 31.2 Å². The number of nitrogens with one attached hydrogen (secondary N) is 1. The van der Waals surface area contributed by atoms with Gasteiger partial charge < -0.3 is 14.8 Å². The van der Waals surface area contributed by atoms with Gasteiger partial charge in [0.05, 0.1) is 29.6 Å². The van der Waals surface area contributed by atoms with Gasteiger partial charge in [-0.15, -0.1) is 0 Å². The lowest BCUT2D eigenvalue weighted by molar-refractivity contribution is -0.119. The minimum Gasteiger partial charge on any atom is -0.495 e. The van der Waals surface area contributed by atoms with Crippen LogP contribution in [0.15, 0.2) is 48.5 Å². The summed E-state index contributed by atoms with van der Waals surface area (Å²) >= 11 is 0. The van der Waals surface area contributed by atoms with Gasteiger partial charge >= 0.3 is 5.97 Å². The number of pyridine rings is 1. The number of hydrogen-bond donors (Lipinski definition) is 1. The molecule has 3 aromatic rings. The van der Waals surface area contributed by atoms with Crippen molar-refractivity contribution in [2.24, 2.45) is 0 Å². The Labute approximate surface area is 157 Å². The van der Waals surface area contributed by atoms with E-state index in [0.29, 0.717) is 22.7 Å². The van der Waals surface area contributed by atoms with Crippen molar-refractivity contribution in [3.8, 4) is 5.75 Å². The van der Waals surface area contributed by atoms with Gasteiger partial charge in [-0.1, -0.05) is 30.3 Å². The Kier molecular flexibility index (Phi) is 5.35. The number of nitrogens with zero attached hydrogens (tertiary/aromatic N) is 1. The summed E-state index contributed by atoms with van der Waals surface area (Å²) in [5, 5.41) is 3.55. The number of fused-ring (bicyclic) bond motifs is 1. The molecule has 138 valence electrons. The maximum Gasteiger partial charge on any atom is 0.340 e. The number of amides is 1. The summed E-state index contributed by atoms with van der Waals surface area (Å²) in [5.74, 6) is -0.488. The quantitative estimate of drug-likeness (QED) is 0.699. The van der Waals surface area contributed by atoms with Crippen LogP contribution >= 0.6 is 0 Å². The molecule has 27 heavy (non-hydrogen) atoms. The van der Waals surface area contributed by atoms with E-state index in [0.717, 1.165) is 16.5 Å². The zero-order valence-electron chi connectivity index (χ0n) is 15.4. The summed E-state index contributed by atoms with van der Waals surface area (Å²) in [4.78, 5) is 29.1. The number of ether oxygens (including phenoxy) is 2. The predicted molar refractivity (Wildman–Crippen MR) is 103 cm³/mol. The van der Waals surface area contributed by atoms with Gasteiger partial charge in [0.25, 0.3) is 5.91 Å². The zero-order valence-corrected chi connectivity index (χ0v) is 15.4. The molecule has 1 N–H and O–H groups in total. The highest BCUT2D eigenvalue weighted by atomic mass is 16.5. The molecule has 0 atom stereocenters. The monoisotopic (exact) mass is 364 g/mol. The van der Waals surface area contributed by atoms with Gasteiger partial charge in [0, 0.05) is 5.39 Å². The first-order valence-electron chi connectivity index (χ1n) is 8.47. The summed E-state index contributed by atoms with van der Waals surface area (Å²) in [5.41, 5.74) is 3.08. The molecular weight excluding hydrogens is 344 g/mol. The largest absolute Gasteiger partial charge is 0.495 e. The van der Waals surface area contributed by atoms with Crippen molar-refractivity contribution in [2.75, 3.05) is 19.0 Å². The van der Waals surface area contributed by atoms with Crippen molar-refractivity contribution in [3.63, 3.8) is 0 Å². The molecule has 0 bridgehead atoms. The summed E-state index contributed by atoms with van der Waals surface area (Å²) in [6.45, 7) is 3.20. The van der Waals surface area contributed by atoms with E-state index in [1.54, 1.807) is 31.2 Å². The van der Waals surface area contributed by atoms with Crippen molar-refractivity contribution in [3.05, 3.63) is 65.4 Å². The molecule has 6 heteroatoms. The highest BCUT2D eigenvalue weighted by Gasteiger charge is 2.19. The molecule has 2 aromatic carbocycles. The molecule has 0 spiro atoms. The molecule has 1 aromatic heterocycles. The lowest BCUT2D eigenvalue weighted by atomic mass is 10.0. The Morgan fingerprint density at radius 1 is 1.04 bits per heavy atom. The zero-order chi connectivity index (χ0) is 19.4. The third-order valence-electron chi connectivity index (χ3n) is 4.25. The van der Waals surface area contributed by atoms with Crippen molar-refractivity contribution < 1.29 is 19.1 Å². The SMILES string of the molecule is COc1ccccc1NC(=O)COC(=O)c1c(C)nc2ccccc2c1C. The Morgan fingerprint density at radius 3 is 2.52 bits per heavy atom. The van der Waals surface area contributed by atoms with Gasteiger partial charge in [0.15, 0.2) is 6.61 Å². The van der Waals surface area contributed by atoms with E-state index in [1.165, 1.54) is 7.11 Å². The number of methoxy groups -OCH3 is 1. The second-order valence-electron chi connectivity index (χ2n) is 6.04. The Morgan fingerprint density at radius 2 is 1.74 bits per heavy atom. The number of aryl methyl sites for hydroxylation is 2. The molecule has 6 nitrogen and oxygen atoms in total. The number of carbonyl (C=O) groups excluding carboxylic acids is 2. The third kappa shape index (κ3) is 3.89. The van der Waals surface area contributed by atoms with Crippen LogP contribution in [0.3, 0.4) is 0 Å². The van der Waals surface area contributed by atoms with E-state index < -0.39 is 18.5 Å². The Balaban J connectivity index is 1.72. The number of carbonyl (C=O) groups is 2. The molecule has 1 amide bonds. The molecule has 1 heterocycles. The number of esters is 1. The van der Waals surface area contributed by atoms with Gasteiger partial charge in [0.2, 0.25) is 0 Å². The number of hydrogen-bond acceptors (Lipinski definition) is 5. The summed E-state index contributed by atoms with van der Waals surface area (Å²) in [6.07, 6.45) is 0. The number of anilines is 1. The second kappa shape index (κ2) is 7.86. The Bertz CT molecular complexity index is 1010. The number of benzene rings is 2. The summed E-state index contributed by atoms with van der Waals surface area (Å²) < 4.78 is 10.4. The van der Waals surface area contributed by atoms with E-state index in [2.05, 4.69) is 10.3 Å². The molecule has 0 unspecified atom stereocenters. The predicted octanol–water partition coefficient (Wildman–Crippen LogP) is 3.66. The maximum absolute atomic E-state index is 12.5. The number of aromatic nitrogens is 1. The minimum absolute atomic E-state index is 0.388. The summed E-state index contributed by atoms with van der Waals surface area (Å²) in [7, 11) is 1.52. The van der Waals surface area contributed by atoms with Crippen molar-refractivity contribution >= 4 is 28.5 Å². The molecule has 0 aliphatic rings. The van der Waals surface area contributed by atoms with Gasteiger partial charge in [-0.25, -0.2) is 4.79 Å². The van der Waals surface area contributed by atoms with Crippen LogP contribution in [0.1, 0.15) is 21.6 Å². The van der Waals surface area contributed by atoms with Crippen molar-refractivity contribution in [2.45, 2.75) is 13.8 Å². The minimum atomic E-state index is -0.571. The van der Waals surface area contributed by atoms with Crippen LogP contribution in [0, 0.1) is 13.8 Å². The highest BCUT2D eigenvalue weighted by molar-refractivity contribution is 6.00. The van der Waals surface area contributed by atoms with Gasteiger partial charge in [-0.3, -0.25) is 9.78 Å². The molecule has 0 aliphatic heterocycles. The topological polar surface area (TPSA) is 77.5 Å². The van der Waals surface area contributed by atoms with E-state index in [4.69, 9.17) is 9.47 Å². The number of para-hydroxylation sites is 3. The van der Waals surface area contributed by atoms with Crippen LogP contribution in [-0.2, 0) is 9.53 Å². The first-order valence-corrected chi connectivity index (χ1v) is 8.47. The first-order chi connectivity index (χ1) is 13.0. The van der Waals surface area contributed by atoms with Crippen LogP contribution < -0.4 is 10.1 Å². The first kappa shape index (κ1) is 18.4. The third-order valence-corrected chi connectivity index (χ3v) is 4.25. The molecule has 3 rings (SSSR count). The average Bonchev–Trinajstić information content (AvgIpc) is 2.67.